The lowest BCUT2D eigenvalue weighted by molar-refractivity contribution is -0.0559. The minimum absolute atomic E-state index is 0.0487. The van der Waals surface area contributed by atoms with E-state index in [1.54, 1.807) is 11.6 Å². The Labute approximate surface area is 238 Å². The molecule has 8 atom stereocenters. The number of fused-ring (bicyclic) bond motifs is 5. The molecule has 1 aromatic rings. The van der Waals surface area contributed by atoms with E-state index in [9.17, 15) is 13.0 Å². The molecule has 3 saturated carbocycles. The third kappa shape index (κ3) is 5.48. The zero-order chi connectivity index (χ0) is 28.2. The molecule has 0 spiro atoms. The molecule has 4 nitrogen and oxygen atoms in total. The van der Waals surface area contributed by atoms with Crippen molar-refractivity contribution in [1.29, 1.82) is 0 Å². The summed E-state index contributed by atoms with van der Waals surface area (Å²) in [7, 11) is -4.25. The molecule has 1 N–H and O–H groups in total. The molecule has 3 fully saturated rings. The minimum Gasteiger partial charge on any atom is -0.490 e. The molecule has 0 saturated heterocycles. The van der Waals surface area contributed by atoms with Gasteiger partial charge in [-0.25, -0.2) is 0 Å². The Morgan fingerprint density at radius 3 is 2.51 bits per heavy atom. The van der Waals surface area contributed by atoms with Gasteiger partial charge in [0, 0.05) is 12.5 Å². The number of benzene rings is 1. The summed E-state index contributed by atoms with van der Waals surface area (Å²) >= 11 is 0. The molecular formula is C34H52O4S. The van der Waals surface area contributed by atoms with Crippen molar-refractivity contribution < 1.29 is 17.7 Å². The van der Waals surface area contributed by atoms with Crippen molar-refractivity contribution in [3.63, 3.8) is 0 Å². The number of allylic oxidation sites excluding steroid dienone is 1. The topological polar surface area (TPSA) is 63.6 Å². The molecule has 218 valence electrons. The first-order chi connectivity index (χ1) is 18.3. The van der Waals surface area contributed by atoms with Gasteiger partial charge in [0.2, 0.25) is 0 Å². The van der Waals surface area contributed by atoms with E-state index < -0.39 is 10.1 Å². The van der Waals surface area contributed by atoms with Gasteiger partial charge in [-0.2, -0.15) is 8.42 Å². The summed E-state index contributed by atoms with van der Waals surface area (Å²) < 4.78 is 39.3. The number of aryl methyl sites for hydroxylation is 1. The van der Waals surface area contributed by atoms with Gasteiger partial charge >= 0.3 is 0 Å². The molecule has 0 heterocycles. The van der Waals surface area contributed by atoms with Gasteiger partial charge in [0.25, 0.3) is 10.1 Å². The van der Waals surface area contributed by atoms with E-state index in [1.165, 1.54) is 63.5 Å². The Balaban J connectivity index is 1.28. The molecule has 5 rings (SSSR count). The second kappa shape index (κ2) is 10.8. The van der Waals surface area contributed by atoms with Crippen molar-refractivity contribution in [2.24, 2.45) is 46.3 Å². The summed E-state index contributed by atoms with van der Waals surface area (Å²) in [5.41, 5.74) is 3.24. The van der Waals surface area contributed by atoms with Gasteiger partial charge in [-0.1, -0.05) is 71.6 Å². The first kappa shape index (κ1) is 29.2. The molecule has 4 aliphatic rings. The Morgan fingerprint density at radius 2 is 1.79 bits per heavy atom. The van der Waals surface area contributed by atoms with Crippen LogP contribution in [0.25, 0.3) is 0 Å². The second-order valence-corrected chi connectivity index (χ2v) is 16.1. The average Bonchev–Trinajstić information content (AvgIpc) is 3.22. The molecule has 1 aromatic carbocycles. The van der Waals surface area contributed by atoms with Crippen LogP contribution >= 0.6 is 0 Å². The lowest BCUT2D eigenvalue weighted by Crippen LogP contribution is -2.51. The van der Waals surface area contributed by atoms with Crippen LogP contribution in [-0.2, 0) is 10.1 Å². The van der Waals surface area contributed by atoms with Crippen LogP contribution in [0.2, 0.25) is 0 Å². The number of hydrogen-bond acceptors (Lipinski definition) is 3. The summed E-state index contributed by atoms with van der Waals surface area (Å²) in [4.78, 5) is -0.0992. The lowest BCUT2D eigenvalue weighted by Gasteiger charge is -2.58. The summed E-state index contributed by atoms with van der Waals surface area (Å²) in [6.07, 6.45) is 16.7. The van der Waals surface area contributed by atoms with Crippen molar-refractivity contribution >= 4 is 10.1 Å². The van der Waals surface area contributed by atoms with Gasteiger partial charge in [0.1, 0.15) is 11.9 Å². The number of ether oxygens (including phenoxy) is 1. The van der Waals surface area contributed by atoms with Crippen LogP contribution in [0.3, 0.4) is 0 Å². The fourth-order valence-electron chi connectivity index (χ4n) is 9.80. The molecule has 3 unspecified atom stereocenters. The highest BCUT2D eigenvalue weighted by Crippen LogP contribution is 2.67. The molecule has 39 heavy (non-hydrogen) atoms. The van der Waals surface area contributed by atoms with Gasteiger partial charge in [-0.15, -0.1) is 0 Å². The fraction of sp³-hybridized carbons (Fsp3) is 0.765. The number of rotatable bonds is 8. The quantitative estimate of drug-likeness (QED) is 0.256. The van der Waals surface area contributed by atoms with Crippen molar-refractivity contribution in [3.8, 4) is 5.75 Å². The molecule has 0 aromatic heterocycles. The third-order valence-corrected chi connectivity index (χ3v) is 12.9. The minimum atomic E-state index is -4.25. The smallest absolute Gasteiger partial charge is 0.294 e. The van der Waals surface area contributed by atoms with Gasteiger partial charge in [-0.05, 0) is 110 Å². The first-order valence-electron chi connectivity index (χ1n) is 15.8. The van der Waals surface area contributed by atoms with Crippen molar-refractivity contribution in [3.05, 3.63) is 35.4 Å². The highest BCUT2D eigenvalue weighted by molar-refractivity contribution is 7.85. The molecular weight excluding hydrogens is 504 g/mol. The molecule has 4 aliphatic carbocycles. The van der Waals surface area contributed by atoms with Gasteiger partial charge < -0.3 is 4.74 Å². The molecule has 0 bridgehead atoms. The van der Waals surface area contributed by atoms with Crippen molar-refractivity contribution in [2.45, 2.75) is 123 Å². The maximum atomic E-state index is 11.7. The summed E-state index contributed by atoms with van der Waals surface area (Å²) in [6, 6.07) is 4.64. The first-order valence-corrected chi connectivity index (χ1v) is 17.2. The van der Waals surface area contributed by atoms with Crippen LogP contribution in [0.15, 0.2) is 34.7 Å². The van der Waals surface area contributed by atoms with Crippen LogP contribution in [0.1, 0.15) is 111 Å². The van der Waals surface area contributed by atoms with E-state index in [2.05, 4.69) is 40.7 Å². The predicted molar refractivity (Wildman–Crippen MR) is 158 cm³/mol. The maximum absolute atomic E-state index is 11.7. The van der Waals surface area contributed by atoms with Gasteiger partial charge in [0.15, 0.2) is 0 Å². The lowest BCUT2D eigenvalue weighted by atomic mass is 9.47. The molecule has 0 amide bonds. The maximum Gasteiger partial charge on any atom is 0.294 e. The van der Waals surface area contributed by atoms with E-state index in [0.717, 1.165) is 60.3 Å². The predicted octanol–water partition coefficient (Wildman–Crippen LogP) is 9.03. The zero-order valence-corrected chi connectivity index (χ0v) is 26.0. The fourth-order valence-corrected chi connectivity index (χ4v) is 10.3. The monoisotopic (exact) mass is 556 g/mol. The standard InChI is InChI=1S/C34H52O4S/c1-22(2)8-7-9-23(3)29-14-15-30-28-13-11-25-20-26(16-18-33(25,5)31(28)17-19-34(29,30)6)38-32-21-27(39(35,36)37)12-10-24(32)4/h10-12,21-23,26,28-31H,7-9,13-20H2,1-6H3,(H,35,36,37)/t23-,26+,28?,29-,30?,31?,33+,34-/m1/s1. The summed E-state index contributed by atoms with van der Waals surface area (Å²) in [6.45, 7) is 14.4. The summed E-state index contributed by atoms with van der Waals surface area (Å²) in [5.74, 6) is 5.57. The van der Waals surface area contributed by atoms with E-state index >= 15 is 0 Å². The SMILES string of the molecule is Cc1ccc(S(=O)(=O)O)cc1O[C@H]1CC[C@@]2(C)C(=CCC3C2CC[C@@]2(C)C3CC[C@@H]2[C@H](C)CCCC(C)C)C1. The van der Waals surface area contributed by atoms with Crippen LogP contribution in [0.5, 0.6) is 5.75 Å². The van der Waals surface area contributed by atoms with Gasteiger partial charge in [0.05, 0.1) is 4.90 Å². The normalized spacial score (nSPS) is 37.0. The Bertz CT molecular complexity index is 1190. The van der Waals surface area contributed by atoms with Crippen LogP contribution in [-0.4, -0.2) is 19.1 Å². The van der Waals surface area contributed by atoms with Gasteiger partial charge in [-0.3, -0.25) is 4.55 Å². The zero-order valence-electron chi connectivity index (χ0n) is 25.2. The molecule has 0 aliphatic heterocycles. The molecule has 5 heteroatoms. The highest BCUT2D eigenvalue weighted by Gasteiger charge is 2.59. The Hall–Kier alpha value is -1.33. The van der Waals surface area contributed by atoms with E-state index in [4.69, 9.17) is 4.74 Å². The van der Waals surface area contributed by atoms with E-state index in [-0.39, 0.29) is 16.4 Å². The number of hydrogen-bond donors (Lipinski definition) is 1. The van der Waals surface area contributed by atoms with E-state index in [0.29, 0.717) is 11.2 Å². The molecule has 0 radical (unpaired) electrons. The summed E-state index contributed by atoms with van der Waals surface area (Å²) in [5, 5.41) is 0. The van der Waals surface area contributed by atoms with Crippen molar-refractivity contribution in [1.82, 2.24) is 0 Å². The average molecular weight is 557 g/mol. The van der Waals surface area contributed by atoms with Crippen molar-refractivity contribution in [2.75, 3.05) is 0 Å². The van der Waals surface area contributed by atoms with Crippen LogP contribution in [0, 0.1) is 53.3 Å². The Morgan fingerprint density at radius 1 is 1.03 bits per heavy atom. The van der Waals surface area contributed by atoms with Crippen LogP contribution in [0.4, 0.5) is 0 Å². The largest absolute Gasteiger partial charge is 0.490 e. The highest BCUT2D eigenvalue weighted by atomic mass is 32.2. The third-order valence-electron chi connectivity index (χ3n) is 12.0. The Kier molecular flexibility index (Phi) is 8.09. The van der Waals surface area contributed by atoms with Crippen LogP contribution < -0.4 is 4.74 Å². The van der Waals surface area contributed by atoms with E-state index in [1.807, 2.05) is 6.92 Å². The second-order valence-electron chi connectivity index (χ2n) is 14.7.